The normalized spacial score (nSPS) is 23.2. The average Bonchev–Trinajstić information content (AvgIpc) is 3.03. The van der Waals surface area contributed by atoms with E-state index in [0.29, 0.717) is 59.3 Å². The summed E-state index contributed by atoms with van der Waals surface area (Å²) in [5.74, 6) is -0.810. The van der Waals surface area contributed by atoms with E-state index in [1.807, 2.05) is 45.0 Å². The lowest BCUT2D eigenvalue weighted by Gasteiger charge is -2.44. The van der Waals surface area contributed by atoms with E-state index in [2.05, 4.69) is 0 Å². The van der Waals surface area contributed by atoms with Crippen LogP contribution in [0.15, 0.2) is 36.4 Å². The summed E-state index contributed by atoms with van der Waals surface area (Å²) in [6.45, 7) is 7.07. The third-order valence-electron chi connectivity index (χ3n) is 8.09. The number of para-hydroxylation sites is 1. The minimum atomic E-state index is -1.10. The second-order valence-corrected chi connectivity index (χ2v) is 12.1. The Hall–Kier alpha value is -3.30. The molecule has 0 aliphatic carbocycles. The standard InChI is InChI=1S/C30H35ClN2O7/c1-30(2,3)24-16-39-22-14-18(31)13-20-26(22)33(24)28(35)23(40-27(20)19-7-5-6-8-21(19)38-4)15-25(34)32-11-9-17(10-12-32)29(36)37/h5-8,13-14,17,23-24,27H,9-12,15-16H2,1-4H3,(H,36,37)/t23-,24+,27-/m1/s1. The quantitative estimate of drug-likeness (QED) is 0.556. The third-order valence-corrected chi connectivity index (χ3v) is 8.31. The average molecular weight is 571 g/mol. The molecule has 3 atom stereocenters. The Bertz CT molecular complexity index is 1320. The topological polar surface area (TPSA) is 106 Å². The fourth-order valence-corrected chi connectivity index (χ4v) is 6.05. The molecule has 3 aliphatic heterocycles. The van der Waals surface area contributed by atoms with Gasteiger partial charge in [-0.25, -0.2) is 0 Å². The van der Waals surface area contributed by atoms with Crippen LogP contribution in [0.25, 0.3) is 0 Å². The largest absolute Gasteiger partial charge is 0.496 e. The van der Waals surface area contributed by atoms with Gasteiger partial charge in [-0.2, -0.15) is 0 Å². The number of methoxy groups -OCH3 is 1. The second kappa shape index (κ2) is 10.9. The molecule has 0 radical (unpaired) electrons. The van der Waals surface area contributed by atoms with E-state index in [-0.39, 0.29) is 36.3 Å². The molecular formula is C30H35ClN2O7. The first-order chi connectivity index (χ1) is 19.0. The van der Waals surface area contributed by atoms with Gasteiger partial charge in [0.1, 0.15) is 30.3 Å². The number of aliphatic carboxylic acids is 1. The van der Waals surface area contributed by atoms with Crippen LogP contribution in [-0.2, 0) is 19.1 Å². The Morgan fingerprint density at radius 3 is 2.48 bits per heavy atom. The molecule has 0 spiro atoms. The zero-order valence-electron chi connectivity index (χ0n) is 23.2. The first-order valence-corrected chi connectivity index (χ1v) is 14.0. The van der Waals surface area contributed by atoms with Crippen LogP contribution in [0.1, 0.15) is 57.3 Å². The highest BCUT2D eigenvalue weighted by atomic mass is 35.5. The van der Waals surface area contributed by atoms with E-state index in [1.54, 1.807) is 29.0 Å². The lowest BCUT2D eigenvalue weighted by atomic mass is 9.84. The second-order valence-electron chi connectivity index (χ2n) is 11.7. The summed E-state index contributed by atoms with van der Waals surface area (Å²) in [6, 6.07) is 10.6. The molecule has 10 heteroatoms. The number of hydrogen-bond acceptors (Lipinski definition) is 6. The molecule has 0 saturated carbocycles. The van der Waals surface area contributed by atoms with Crippen LogP contribution in [0.4, 0.5) is 5.69 Å². The summed E-state index contributed by atoms with van der Waals surface area (Å²) in [6.07, 6.45) is -1.27. The van der Waals surface area contributed by atoms with Crippen molar-refractivity contribution < 1.29 is 33.7 Å². The molecule has 0 bridgehead atoms. The van der Waals surface area contributed by atoms with Crippen molar-refractivity contribution in [3.05, 3.63) is 52.5 Å². The van der Waals surface area contributed by atoms with E-state index in [0.717, 1.165) is 0 Å². The fourth-order valence-electron chi connectivity index (χ4n) is 5.84. The molecule has 3 aliphatic rings. The van der Waals surface area contributed by atoms with Gasteiger partial charge in [0.25, 0.3) is 5.91 Å². The molecule has 2 aromatic rings. The molecule has 2 aromatic carbocycles. The summed E-state index contributed by atoms with van der Waals surface area (Å²) in [5.41, 5.74) is 1.60. The Kier molecular flexibility index (Phi) is 7.72. The fraction of sp³-hybridized carbons (Fsp3) is 0.500. The summed E-state index contributed by atoms with van der Waals surface area (Å²) in [4.78, 5) is 42.7. The Morgan fingerprint density at radius 1 is 1.12 bits per heavy atom. The summed E-state index contributed by atoms with van der Waals surface area (Å²) in [5, 5.41) is 9.79. The number of likely N-dealkylation sites (tertiary alicyclic amines) is 1. The summed E-state index contributed by atoms with van der Waals surface area (Å²) < 4.78 is 18.5. The Morgan fingerprint density at radius 2 is 1.82 bits per heavy atom. The Balaban J connectivity index is 1.58. The molecule has 2 amide bonds. The van der Waals surface area contributed by atoms with Gasteiger partial charge in [0, 0.05) is 35.3 Å². The van der Waals surface area contributed by atoms with E-state index in [1.165, 1.54) is 0 Å². The van der Waals surface area contributed by atoms with Crippen molar-refractivity contribution in [2.45, 2.75) is 58.3 Å². The van der Waals surface area contributed by atoms with E-state index >= 15 is 0 Å². The van der Waals surface area contributed by atoms with Crippen LogP contribution in [0, 0.1) is 11.3 Å². The molecule has 0 aromatic heterocycles. The highest BCUT2D eigenvalue weighted by Crippen LogP contribution is 2.50. The van der Waals surface area contributed by atoms with Crippen LogP contribution >= 0.6 is 11.6 Å². The van der Waals surface area contributed by atoms with Gasteiger partial charge in [0.2, 0.25) is 5.91 Å². The minimum Gasteiger partial charge on any atom is -0.496 e. The number of ether oxygens (including phenoxy) is 3. The lowest BCUT2D eigenvalue weighted by Crippen LogP contribution is -2.56. The predicted molar refractivity (Wildman–Crippen MR) is 149 cm³/mol. The number of nitrogens with zero attached hydrogens (tertiary/aromatic N) is 2. The van der Waals surface area contributed by atoms with Gasteiger partial charge in [-0.1, -0.05) is 50.6 Å². The number of amides is 2. The van der Waals surface area contributed by atoms with E-state index in [9.17, 15) is 19.5 Å². The van der Waals surface area contributed by atoms with Crippen molar-refractivity contribution in [2.75, 3.05) is 31.7 Å². The van der Waals surface area contributed by atoms with Crippen molar-refractivity contribution in [3.63, 3.8) is 0 Å². The maximum Gasteiger partial charge on any atom is 0.306 e. The first-order valence-electron chi connectivity index (χ1n) is 13.6. The number of benzene rings is 2. The van der Waals surface area contributed by atoms with Crippen LogP contribution in [-0.4, -0.2) is 66.7 Å². The van der Waals surface area contributed by atoms with Gasteiger partial charge in [0.05, 0.1) is 31.2 Å². The molecule has 1 N–H and O–H groups in total. The van der Waals surface area contributed by atoms with Gasteiger partial charge in [-0.15, -0.1) is 0 Å². The van der Waals surface area contributed by atoms with Gasteiger partial charge in [0.15, 0.2) is 0 Å². The number of carbonyl (C=O) groups is 3. The molecule has 5 rings (SSSR count). The minimum absolute atomic E-state index is 0.173. The number of hydrogen-bond donors (Lipinski definition) is 1. The number of rotatable bonds is 5. The molecule has 40 heavy (non-hydrogen) atoms. The van der Waals surface area contributed by atoms with Gasteiger partial charge in [-0.3, -0.25) is 19.3 Å². The number of carbonyl (C=O) groups excluding carboxylic acids is 2. The van der Waals surface area contributed by atoms with Crippen molar-refractivity contribution in [1.29, 1.82) is 0 Å². The maximum atomic E-state index is 14.4. The third kappa shape index (κ3) is 5.24. The van der Waals surface area contributed by atoms with Crippen molar-refractivity contribution in [2.24, 2.45) is 11.3 Å². The molecule has 3 heterocycles. The predicted octanol–water partition coefficient (Wildman–Crippen LogP) is 4.69. The van der Waals surface area contributed by atoms with Gasteiger partial charge in [-0.05, 0) is 30.4 Å². The zero-order valence-corrected chi connectivity index (χ0v) is 23.9. The molecule has 1 saturated heterocycles. The summed E-state index contributed by atoms with van der Waals surface area (Å²) >= 11 is 6.56. The summed E-state index contributed by atoms with van der Waals surface area (Å²) in [7, 11) is 1.57. The number of anilines is 1. The first kappa shape index (κ1) is 28.2. The smallest absolute Gasteiger partial charge is 0.306 e. The van der Waals surface area contributed by atoms with Gasteiger partial charge >= 0.3 is 5.97 Å². The monoisotopic (exact) mass is 570 g/mol. The van der Waals surface area contributed by atoms with E-state index < -0.39 is 24.1 Å². The maximum absolute atomic E-state index is 14.4. The molecular weight excluding hydrogens is 536 g/mol. The zero-order chi connectivity index (χ0) is 28.8. The van der Waals surface area contributed by atoms with Crippen LogP contribution in [0.5, 0.6) is 11.5 Å². The lowest BCUT2D eigenvalue weighted by molar-refractivity contribution is -0.148. The SMILES string of the molecule is COc1ccccc1[C@H]1O[C@H](CC(=O)N2CCC(C(=O)O)CC2)C(=O)N2c3c(cc(Cl)cc31)OC[C@H]2C(C)(C)C. The van der Waals surface area contributed by atoms with Crippen LogP contribution in [0.3, 0.4) is 0 Å². The number of carboxylic acids is 1. The molecule has 214 valence electrons. The number of carboxylic acid groups (broad SMARTS) is 1. The van der Waals surface area contributed by atoms with Crippen molar-refractivity contribution in [1.82, 2.24) is 4.90 Å². The molecule has 9 nitrogen and oxygen atoms in total. The molecule has 0 unspecified atom stereocenters. The van der Waals surface area contributed by atoms with Crippen molar-refractivity contribution in [3.8, 4) is 11.5 Å². The van der Waals surface area contributed by atoms with Crippen LogP contribution < -0.4 is 14.4 Å². The highest BCUT2D eigenvalue weighted by molar-refractivity contribution is 6.31. The van der Waals surface area contributed by atoms with Crippen LogP contribution in [0.2, 0.25) is 5.02 Å². The van der Waals surface area contributed by atoms with E-state index in [4.69, 9.17) is 25.8 Å². The van der Waals surface area contributed by atoms with Gasteiger partial charge < -0.3 is 24.2 Å². The number of halogens is 1. The molecule has 1 fully saturated rings. The Labute approximate surface area is 238 Å². The number of piperidine rings is 1. The van der Waals surface area contributed by atoms with Crippen molar-refractivity contribution >= 4 is 35.1 Å². The highest BCUT2D eigenvalue weighted by Gasteiger charge is 2.48.